The Labute approximate surface area is 161 Å². The van der Waals surface area contributed by atoms with Gasteiger partial charge in [-0.2, -0.15) is 0 Å². The molecule has 0 saturated heterocycles. The molecule has 2 aromatic heterocycles. The summed E-state index contributed by atoms with van der Waals surface area (Å²) in [6, 6.07) is 17.2. The lowest BCUT2D eigenvalue weighted by Crippen LogP contribution is -2.30. The number of aryl methyl sites for hydroxylation is 2. The molecule has 1 N–H and O–H groups in total. The van der Waals surface area contributed by atoms with E-state index in [9.17, 15) is 0 Å². The van der Waals surface area contributed by atoms with Crippen molar-refractivity contribution in [3.63, 3.8) is 0 Å². The van der Waals surface area contributed by atoms with Crippen LogP contribution in [0.25, 0.3) is 0 Å². The highest BCUT2D eigenvalue weighted by molar-refractivity contribution is 5.71. The highest BCUT2D eigenvalue weighted by Crippen LogP contribution is 2.35. The zero-order chi connectivity index (χ0) is 18.6. The number of rotatable bonds is 5. The van der Waals surface area contributed by atoms with E-state index in [0.29, 0.717) is 0 Å². The summed E-state index contributed by atoms with van der Waals surface area (Å²) in [4.78, 5) is 11.6. The van der Waals surface area contributed by atoms with Crippen molar-refractivity contribution in [2.24, 2.45) is 0 Å². The summed E-state index contributed by atoms with van der Waals surface area (Å²) in [6.45, 7) is 6.15. The maximum Gasteiger partial charge on any atom is 0.150 e. The monoisotopic (exact) mass is 358 g/mol. The molecule has 0 radical (unpaired) electrons. The van der Waals surface area contributed by atoms with Gasteiger partial charge in [0.1, 0.15) is 5.82 Å². The highest BCUT2D eigenvalue weighted by Gasteiger charge is 2.22. The number of aromatic nitrogens is 2. The zero-order valence-corrected chi connectivity index (χ0v) is 16.0. The van der Waals surface area contributed by atoms with Crippen LogP contribution in [0.2, 0.25) is 0 Å². The van der Waals surface area contributed by atoms with E-state index in [2.05, 4.69) is 71.5 Å². The molecule has 4 nitrogen and oxygen atoms in total. The predicted octanol–water partition coefficient (Wildman–Crippen LogP) is 4.91. The molecule has 1 aliphatic rings. The van der Waals surface area contributed by atoms with Crippen LogP contribution >= 0.6 is 0 Å². The van der Waals surface area contributed by atoms with Crippen LogP contribution in [0, 0.1) is 6.92 Å². The van der Waals surface area contributed by atoms with Crippen molar-refractivity contribution in [1.82, 2.24) is 9.97 Å². The van der Waals surface area contributed by atoms with Gasteiger partial charge in [-0.25, -0.2) is 4.98 Å². The maximum atomic E-state index is 4.69. The second kappa shape index (κ2) is 7.78. The Kier molecular flexibility index (Phi) is 5.05. The van der Waals surface area contributed by atoms with E-state index in [1.165, 1.54) is 22.4 Å². The number of benzene rings is 1. The number of pyridine rings is 2. The molecule has 1 atom stereocenters. The summed E-state index contributed by atoms with van der Waals surface area (Å²) >= 11 is 0. The Morgan fingerprint density at radius 1 is 1.04 bits per heavy atom. The fourth-order valence-corrected chi connectivity index (χ4v) is 3.72. The molecule has 0 saturated carbocycles. The maximum absolute atomic E-state index is 4.69. The van der Waals surface area contributed by atoms with Crippen LogP contribution in [0.5, 0.6) is 0 Å². The first-order valence-electron chi connectivity index (χ1n) is 9.66. The van der Waals surface area contributed by atoms with Gasteiger partial charge < -0.3 is 10.2 Å². The normalized spacial score (nSPS) is 14.5. The summed E-state index contributed by atoms with van der Waals surface area (Å²) in [7, 11) is 0. The average molecular weight is 358 g/mol. The number of hydrogen-bond acceptors (Lipinski definition) is 4. The minimum Gasteiger partial charge on any atom is -0.362 e. The summed E-state index contributed by atoms with van der Waals surface area (Å²) < 4.78 is 0. The van der Waals surface area contributed by atoms with E-state index in [-0.39, 0.29) is 6.04 Å². The Hall–Kier alpha value is -2.88. The van der Waals surface area contributed by atoms with E-state index in [1.807, 2.05) is 18.5 Å². The second-order valence-corrected chi connectivity index (χ2v) is 7.29. The largest absolute Gasteiger partial charge is 0.362 e. The Balaban J connectivity index is 1.61. The standard InChI is InChI=1S/C23H26N4/c1-17-8-10-19(11-9-17)18(2)26-23-22-20(12-14-25-23)6-5-15-27(22)16-21-7-3-4-13-24-21/h3-4,7-14,18H,5-6,15-16H2,1-2H3,(H,25,26). The van der Waals surface area contributed by atoms with Crippen molar-refractivity contribution in [2.45, 2.75) is 39.3 Å². The molecular formula is C23H26N4. The quantitative estimate of drug-likeness (QED) is 0.703. The molecule has 1 aromatic carbocycles. The minimum absolute atomic E-state index is 0.197. The van der Waals surface area contributed by atoms with Gasteiger partial charge in [0.05, 0.1) is 24.0 Å². The van der Waals surface area contributed by atoms with Crippen molar-refractivity contribution in [3.05, 3.63) is 83.3 Å². The van der Waals surface area contributed by atoms with Crippen molar-refractivity contribution < 1.29 is 0 Å². The third kappa shape index (κ3) is 3.95. The summed E-state index contributed by atoms with van der Waals surface area (Å²) in [5, 5.41) is 3.65. The Morgan fingerprint density at radius 2 is 1.89 bits per heavy atom. The van der Waals surface area contributed by atoms with Gasteiger partial charge >= 0.3 is 0 Å². The topological polar surface area (TPSA) is 41.1 Å². The number of fused-ring (bicyclic) bond motifs is 1. The van der Waals surface area contributed by atoms with Crippen molar-refractivity contribution in [1.29, 1.82) is 0 Å². The lowest BCUT2D eigenvalue weighted by Gasteiger charge is -2.33. The first-order valence-corrected chi connectivity index (χ1v) is 9.66. The van der Waals surface area contributed by atoms with Crippen LogP contribution in [0.3, 0.4) is 0 Å². The molecule has 1 unspecified atom stereocenters. The first-order chi connectivity index (χ1) is 13.2. The summed E-state index contributed by atoms with van der Waals surface area (Å²) in [5.41, 5.74) is 6.24. The lowest BCUT2D eigenvalue weighted by molar-refractivity contribution is 0.680. The molecule has 1 aliphatic heterocycles. The molecule has 3 heterocycles. The van der Waals surface area contributed by atoms with Crippen LogP contribution in [0.15, 0.2) is 60.9 Å². The van der Waals surface area contributed by atoms with Crippen molar-refractivity contribution >= 4 is 11.5 Å². The van der Waals surface area contributed by atoms with Crippen molar-refractivity contribution in [3.8, 4) is 0 Å². The Bertz CT molecular complexity index is 890. The van der Waals surface area contributed by atoms with E-state index >= 15 is 0 Å². The van der Waals surface area contributed by atoms with Gasteiger partial charge in [0, 0.05) is 18.9 Å². The molecule has 0 spiro atoms. The lowest BCUT2D eigenvalue weighted by atomic mass is 10.0. The molecule has 0 amide bonds. The number of nitrogens with zero attached hydrogens (tertiary/aromatic N) is 3. The third-order valence-electron chi connectivity index (χ3n) is 5.21. The van der Waals surface area contributed by atoms with Crippen LogP contribution in [0.1, 0.15) is 41.8 Å². The zero-order valence-electron chi connectivity index (χ0n) is 16.0. The fraction of sp³-hybridized carbons (Fsp3) is 0.304. The van der Waals surface area contributed by atoms with E-state index in [1.54, 1.807) is 0 Å². The van der Waals surface area contributed by atoms with Crippen LogP contribution in [-0.2, 0) is 13.0 Å². The van der Waals surface area contributed by atoms with E-state index in [4.69, 9.17) is 4.98 Å². The Morgan fingerprint density at radius 3 is 2.67 bits per heavy atom. The number of nitrogens with one attached hydrogen (secondary N) is 1. The van der Waals surface area contributed by atoms with Gasteiger partial charge in [0.25, 0.3) is 0 Å². The number of anilines is 2. The van der Waals surface area contributed by atoms with Gasteiger partial charge in [0.2, 0.25) is 0 Å². The molecule has 4 heteroatoms. The van der Waals surface area contributed by atoms with Crippen molar-refractivity contribution in [2.75, 3.05) is 16.8 Å². The molecule has 0 bridgehead atoms. The highest BCUT2D eigenvalue weighted by atomic mass is 15.2. The SMILES string of the molecule is Cc1ccc(C(C)Nc2nccc3c2N(Cc2ccccn2)CCC3)cc1. The molecule has 0 fully saturated rings. The van der Waals surface area contributed by atoms with Crippen LogP contribution < -0.4 is 10.2 Å². The summed E-state index contributed by atoms with van der Waals surface area (Å²) in [5.74, 6) is 0.969. The van der Waals surface area contributed by atoms with Gasteiger partial charge in [-0.3, -0.25) is 4.98 Å². The van der Waals surface area contributed by atoms with Gasteiger partial charge in [0.15, 0.2) is 0 Å². The van der Waals surface area contributed by atoms with Crippen LogP contribution in [-0.4, -0.2) is 16.5 Å². The predicted molar refractivity (Wildman–Crippen MR) is 111 cm³/mol. The van der Waals surface area contributed by atoms with E-state index in [0.717, 1.165) is 37.4 Å². The van der Waals surface area contributed by atoms with Crippen LogP contribution in [0.4, 0.5) is 11.5 Å². The smallest absolute Gasteiger partial charge is 0.150 e. The summed E-state index contributed by atoms with van der Waals surface area (Å²) in [6.07, 6.45) is 6.05. The molecule has 0 aliphatic carbocycles. The van der Waals surface area contributed by atoms with Gasteiger partial charge in [-0.1, -0.05) is 35.9 Å². The third-order valence-corrected chi connectivity index (χ3v) is 5.21. The molecule has 27 heavy (non-hydrogen) atoms. The van der Waals surface area contributed by atoms with Gasteiger partial charge in [-0.05, 0) is 56.0 Å². The average Bonchev–Trinajstić information content (AvgIpc) is 2.69. The van der Waals surface area contributed by atoms with Gasteiger partial charge in [-0.15, -0.1) is 0 Å². The molecule has 3 aromatic rings. The van der Waals surface area contributed by atoms with E-state index < -0.39 is 0 Å². The molecule has 138 valence electrons. The molecule has 4 rings (SSSR count). The second-order valence-electron chi connectivity index (χ2n) is 7.29. The minimum atomic E-state index is 0.197. The first kappa shape index (κ1) is 17.5. The number of hydrogen-bond donors (Lipinski definition) is 1. The molecular weight excluding hydrogens is 332 g/mol. The fourth-order valence-electron chi connectivity index (χ4n) is 3.72.